The molecule has 0 bridgehead atoms. The Morgan fingerprint density at radius 1 is 1.28 bits per heavy atom. The van der Waals surface area contributed by atoms with Crippen LogP contribution in [0.2, 0.25) is 0 Å². The van der Waals surface area contributed by atoms with Gasteiger partial charge in [-0.3, -0.25) is 4.99 Å². The Labute approximate surface area is 171 Å². The Hall–Kier alpha value is -0.0900. The molecule has 6 nitrogen and oxygen atoms in total. The molecule has 1 heterocycles. The van der Waals surface area contributed by atoms with Gasteiger partial charge in [-0.15, -0.1) is 24.0 Å². The molecule has 0 aromatic rings. The summed E-state index contributed by atoms with van der Waals surface area (Å²) in [6, 6.07) is 0.0784. The number of nitrogens with zero attached hydrogens (tertiary/aromatic N) is 2. The lowest BCUT2D eigenvalue weighted by Crippen LogP contribution is -2.44. The highest BCUT2D eigenvalue weighted by Crippen LogP contribution is 2.20. The number of halogens is 1. The van der Waals surface area contributed by atoms with Crippen LogP contribution in [0.15, 0.2) is 4.99 Å². The number of likely N-dealkylation sites (tertiary alicyclic amines) is 1. The maximum absolute atomic E-state index is 11.2. The summed E-state index contributed by atoms with van der Waals surface area (Å²) in [6.07, 6.45) is 4.28. The number of nitrogens with one attached hydrogen (secondary N) is 2. The van der Waals surface area contributed by atoms with Gasteiger partial charge in [0.2, 0.25) is 0 Å². The van der Waals surface area contributed by atoms with Gasteiger partial charge >= 0.3 is 0 Å². The van der Waals surface area contributed by atoms with E-state index in [1.165, 1.54) is 25.8 Å². The maximum Gasteiger partial charge on any atom is 0.191 e. The standard InChI is InChI=1S/C17H36N4O2S.HI/c1-14-11-15(2)13-21(12-14)9-6-8-19-17(18-4)20-16(3)7-10-24(5,22)23;/h14-16H,6-13H2,1-5H3,(H2,18,19,20);1H. The topological polar surface area (TPSA) is 73.8 Å². The Morgan fingerprint density at radius 2 is 1.88 bits per heavy atom. The van der Waals surface area contributed by atoms with Gasteiger partial charge in [-0.25, -0.2) is 8.42 Å². The zero-order chi connectivity index (χ0) is 18.2. The number of hydrogen-bond donors (Lipinski definition) is 2. The van der Waals surface area contributed by atoms with E-state index in [0.29, 0.717) is 6.42 Å². The minimum atomic E-state index is -2.91. The van der Waals surface area contributed by atoms with Crippen molar-refractivity contribution in [2.24, 2.45) is 16.8 Å². The zero-order valence-corrected chi connectivity index (χ0v) is 19.6. The SMILES string of the molecule is CN=C(NCCCN1CC(C)CC(C)C1)NC(C)CCS(C)(=O)=O.I. The molecule has 1 fully saturated rings. The Balaban J connectivity index is 0.00000576. The van der Waals surface area contributed by atoms with Crippen molar-refractivity contribution in [3.63, 3.8) is 0 Å². The smallest absolute Gasteiger partial charge is 0.191 e. The monoisotopic (exact) mass is 488 g/mol. The number of rotatable bonds is 8. The van der Waals surface area contributed by atoms with Gasteiger partial charge in [0.1, 0.15) is 9.84 Å². The van der Waals surface area contributed by atoms with Crippen molar-refractivity contribution in [3.05, 3.63) is 0 Å². The molecular weight excluding hydrogens is 451 g/mol. The van der Waals surface area contributed by atoms with Crippen molar-refractivity contribution < 1.29 is 8.42 Å². The van der Waals surface area contributed by atoms with Crippen LogP contribution in [0.5, 0.6) is 0 Å². The molecule has 0 aromatic carbocycles. The van der Waals surface area contributed by atoms with Crippen molar-refractivity contribution in [2.75, 3.05) is 45.2 Å². The average Bonchev–Trinajstić information content (AvgIpc) is 2.46. The largest absolute Gasteiger partial charge is 0.356 e. The fourth-order valence-corrected chi connectivity index (χ4v) is 4.16. The lowest BCUT2D eigenvalue weighted by molar-refractivity contribution is 0.140. The van der Waals surface area contributed by atoms with Gasteiger partial charge in [-0.2, -0.15) is 0 Å². The summed E-state index contributed by atoms with van der Waals surface area (Å²) in [5.41, 5.74) is 0. The highest BCUT2D eigenvalue weighted by atomic mass is 127. The quantitative estimate of drug-likeness (QED) is 0.237. The molecule has 0 amide bonds. The summed E-state index contributed by atoms with van der Waals surface area (Å²) >= 11 is 0. The van der Waals surface area contributed by atoms with E-state index in [2.05, 4.69) is 34.4 Å². The number of hydrogen-bond acceptors (Lipinski definition) is 4. The third kappa shape index (κ3) is 12.0. The van der Waals surface area contributed by atoms with Crippen LogP contribution < -0.4 is 10.6 Å². The lowest BCUT2D eigenvalue weighted by Gasteiger charge is -2.35. The fourth-order valence-electron chi connectivity index (χ4n) is 3.38. The van der Waals surface area contributed by atoms with Crippen molar-refractivity contribution in [1.29, 1.82) is 0 Å². The molecule has 1 rings (SSSR count). The molecule has 150 valence electrons. The highest BCUT2D eigenvalue weighted by molar-refractivity contribution is 14.0. The van der Waals surface area contributed by atoms with Crippen LogP contribution in [0.1, 0.15) is 40.0 Å². The number of piperidine rings is 1. The summed E-state index contributed by atoms with van der Waals surface area (Å²) in [7, 11) is -1.17. The van der Waals surface area contributed by atoms with Gasteiger partial charge in [-0.1, -0.05) is 13.8 Å². The van der Waals surface area contributed by atoms with Crippen molar-refractivity contribution in [1.82, 2.24) is 15.5 Å². The first-order valence-electron chi connectivity index (χ1n) is 9.07. The zero-order valence-electron chi connectivity index (χ0n) is 16.4. The first-order chi connectivity index (χ1) is 11.2. The van der Waals surface area contributed by atoms with Crippen molar-refractivity contribution in [3.8, 4) is 0 Å². The van der Waals surface area contributed by atoms with Crippen molar-refractivity contribution >= 4 is 39.8 Å². The summed E-state index contributed by atoms with van der Waals surface area (Å²) < 4.78 is 22.4. The van der Waals surface area contributed by atoms with Gasteiger partial charge in [-0.05, 0) is 44.6 Å². The lowest BCUT2D eigenvalue weighted by atomic mass is 9.92. The van der Waals surface area contributed by atoms with Gasteiger partial charge in [0.15, 0.2) is 5.96 Å². The fraction of sp³-hybridized carbons (Fsp3) is 0.941. The van der Waals surface area contributed by atoms with E-state index in [4.69, 9.17) is 0 Å². The maximum atomic E-state index is 11.2. The molecule has 2 N–H and O–H groups in total. The van der Waals surface area contributed by atoms with Gasteiger partial charge in [0, 0.05) is 39.0 Å². The van der Waals surface area contributed by atoms with Crippen LogP contribution in [0.3, 0.4) is 0 Å². The molecule has 0 spiro atoms. The Bertz CT molecular complexity index is 489. The summed E-state index contributed by atoms with van der Waals surface area (Å²) in [5, 5.41) is 6.57. The van der Waals surface area contributed by atoms with E-state index < -0.39 is 9.84 Å². The normalized spacial score (nSPS) is 23.6. The van der Waals surface area contributed by atoms with Crippen LogP contribution in [0.4, 0.5) is 0 Å². The van der Waals surface area contributed by atoms with E-state index in [0.717, 1.165) is 37.3 Å². The highest BCUT2D eigenvalue weighted by Gasteiger charge is 2.21. The second-order valence-electron chi connectivity index (χ2n) is 7.52. The molecule has 0 aliphatic carbocycles. The Kier molecular flexibility index (Phi) is 12.3. The van der Waals surface area contributed by atoms with Gasteiger partial charge in [0.05, 0.1) is 5.75 Å². The molecule has 1 aliphatic rings. The van der Waals surface area contributed by atoms with E-state index >= 15 is 0 Å². The van der Waals surface area contributed by atoms with Crippen LogP contribution in [0.25, 0.3) is 0 Å². The van der Waals surface area contributed by atoms with Crippen LogP contribution >= 0.6 is 24.0 Å². The van der Waals surface area contributed by atoms with E-state index in [9.17, 15) is 8.42 Å². The summed E-state index contributed by atoms with van der Waals surface area (Å²) in [5.74, 6) is 2.54. The molecule has 1 aliphatic heterocycles. The summed E-state index contributed by atoms with van der Waals surface area (Å²) in [4.78, 5) is 6.77. The number of aliphatic imine (C=N–C) groups is 1. The van der Waals surface area contributed by atoms with Gasteiger partial charge in [0.25, 0.3) is 0 Å². The van der Waals surface area contributed by atoms with E-state index in [1.807, 2.05) is 6.92 Å². The number of guanidine groups is 1. The average molecular weight is 488 g/mol. The van der Waals surface area contributed by atoms with Crippen molar-refractivity contribution in [2.45, 2.75) is 46.1 Å². The van der Waals surface area contributed by atoms with Crippen LogP contribution in [0, 0.1) is 11.8 Å². The second kappa shape index (κ2) is 12.3. The predicted octanol–water partition coefficient (Wildman–Crippen LogP) is 1.96. The summed E-state index contributed by atoms with van der Waals surface area (Å²) in [6.45, 7) is 11.1. The molecule has 8 heteroatoms. The number of sulfone groups is 1. The molecule has 3 atom stereocenters. The molecule has 0 aromatic heterocycles. The third-order valence-corrected chi connectivity index (χ3v) is 5.39. The molecule has 0 radical (unpaired) electrons. The molecule has 25 heavy (non-hydrogen) atoms. The third-order valence-electron chi connectivity index (χ3n) is 4.42. The van der Waals surface area contributed by atoms with E-state index in [-0.39, 0.29) is 35.8 Å². The van der Waals surface area contributed by atoms with Crippen LogP contribution in [-0.2, 0) is 9.84 Å². The van der Waals surface area contributed by atoms with E-state index in [1.54, 1.807) is 7.05 Å². The Morgan fingerprint density at radius 3 is 2.40 bits per heavy atom. The first kappa shape index (κ1) is 24.9. The molecule has 1 saturated heterocycles. The molecular formula is C17H37IN4O2S. The predicted molar refractivity (Wildman–Crippen MR) is 118 cm³/mol. The molecule has 3 unspecified atom stereocenters. The second-order valence-corrected chi connectivity index (χ2v) is 9.78. The minimum absolute atomic E-state index is 0. The minimum Gasteiger partial charge on any atom is -0.356 e. The molecule has 0 saturated carbocycles. The van der Waals surface area contributed by atoms with Gasteiger partial charge < -0.3 is 15.5 Å². The van der Waals surface area contributed by atoms with Crippen LogP contribution in [-0.4, -0.2) is 70.6 Å². The first-order valence-corrected chi connectivity index (χ1v) is 11.1.